The largest absolute Gasteiger partial charge is 0.346 e. The van der Waals surface area contributed by atoms with Crippen LogP contribution < -0.4 is 5.32 Å². The molecule has 0 saturated carbocycles. The molecule has 2 aromatic heterocycles. The number of nitrogens with one attached hydrogen (secondary N) is 1. The second kappa shape index (κ2) is 6.05. The van der Waals surface area contributed by atoms with Gasteiger partial charge in [-0.2, -0.15) is 0 Å². The first-order valence-corrected chi connectivity index (χ1v) is 6.75. The summed E-state index contributed by atoms with van der Waals surface area (Å²) in [5.74, 6) is -0.107. The van der Waals surface area contributed by atoms with E-state index in [9.17, 15) is 4.79 Å². The van der Waals surface area contributed by atoms with Crippen LogP contribution in [0.1, 0.15) is 16.1 Å². The number of rotatable bonds is 4. The summed E-state index contributed by atoms with van der Waals surface area (Å²) in [7, 11) is 0. The van der Waals surface area contributed by atoms with Crippen LogP contribution in [0.3, 0.4) is 0 Å². The second-order valence-electron chi connectivity index (χ2n) is 4.61. The van der Waals surface area contributed by atoms with Crippen molar-refractivity contribution < 1.29 is 4.79 Å². The van der Waals surface area contributed by atoms with E-state index in [-0.39, 0.29) is 5.91 Å². The van der Waals surface area contributed by atoms with Crippen molar-refractivity contribution in [3.05, 3.63) is 84.4 Å². The number of aromatic nitrogens is 2. The first-order chi connectivity index (χ1) is 10.3. The molecule has 3 rings (SSSR count). The number of pyridine rings is 1. The van der Waals surface area contributed by atoms with E-state index in [1.165, 1.54) is 0 Å². The van der Waals surface area contributed by atoms with Crippen molar-refractivity contribution in [3.8, 4) is 5.69 Å². The van der Waals surface area contributed by atoms with E-state index in [4.69, 9.17) is 0 Å². The molecule has 1 N–H and O–H groups in total. The smallest absolute Gasteiger partial charge is 0.253 e. The molecule has 1 aromatic carbocycles. The van der Waals surface area contributed by atoms with Gasteiger partial charge in [-0.1, -0.05) is 18.2 Å². The zero-order chi connectivity index (χ0) is 14.5. The summed E-state index contributed by atoms with van der Waals surface area (Å²) in [4.78, 5) is 16.6. The van der Waals surface area contributed by atoms with E-state index in [0.29, 0.717) is 12.1 Å². The lowest BCUT2D eigenvalue weighted by Gasteiger charge is -2.10. The fraction of sp³-hybridized carbons (Fsp3) is 0.0588. The third-order valence-corrected chi connectivity index (χ3v) is 3.19. The molecule has 0 bridgehead atoms. The molecule has 0 atom stereocenters. The second-order valence-corrected chi connectivity index (χ2v) is 4.61. The third kappa shape index (κ3) is 3.00. The summed E-state index contributed by atoms with van der Waals surface area (Å²) in [6, 6.07) is 17.0. The van der Waals surface area contributed by atoms with E-state index < -0.39 is 0 Å². The molecule has 0 spiro atoms. The molecule has 0 fully saturated rings. The van der Waals surface area contributed by atoms with Crippen LogP contribution in [0.25, 0.3) is 5.69 Å². The number of hydrogen-bond acceptors (Lipinski definition) is 2. The van der Waals surface area contributed by atoms with Gasteiger partial charge in [0, 0.05) is 18.6 Å². The number of benzene rings is 1. The first-order valence-electron chi connectivity index (χ1n) is 6.75. The quantitative estimate of drug-likeness (QED) is 0.797. The maximum Gasteiger partial charge on any atom is 0.253 e. The van der Waals surface area contributed by atoms with Gasteiger partial charge in [0.05, 0.1) is 23.5 Å². The zero-order valence-electron chi connectivity index (χ0n) is 11.4. The minimum atomic E-state index is -0.107. The molecule has 4 nitrogen and oxygen atoms in total. The van der Waals surface area contributed by atoms with E-state index >= 15 is 0 Å². The van der Waals surface area contributed by atoms with Crippen LogP contribution in [0.5, 0.6) is 0 Å². The summed E-state index contributed by atoms with van der Waals surface area (Å²) in [5.41, 5.74) is 2.34. The predicted octanol–water partition coefficient (Wildman–Crippen LogP) is 2.80. The minimum absolute atomic E-state index is 0.107. The molecule has 0 aliphatic rings. The van der Waals surface area contributed by atoms with Crippen molar-refractivity contribution in [1.29, 1.82) is 0 Å². The third-order valence-electron chi connectivity index (χ3n) is 3.19. The van der Waals surface area contributed by atoms with Crippen molar-refractivity contribution in [2.75, 3.05) is 0 Å². The molecule has 21 heavy (non-hydrogen) atoms. The first kappa shape index (κ1) is 13.1. The standard InChI is InChI=1S/C17H15N3O/c21-17(19-13-14-7-3-4-10-18-14)15-8-1-2-9-16(15)20-11-5-6-12-20/h1-12H,13H2,(H,19,21). The van der Waals surface area contributed by atoms with Crippen molar-refractivity contribution >= 4 is 5.91 Å². The Kier molecular flexibility index (Phi) is 3.78. The zero-order valence-corrected chi connectivity index (χ0v) is 11.4. The summed E-state index contributed by atoms with van der Waals surface area (Å²) in [6.07, 6.45) is 5.56. The van der Waals surface area contributed by atoms with E-state index in [0.717, 1.165) is 11.4 Å². The number of nitrogens with zero attached hydrogens (tertiary/aromatic N) is 2. The fourth-order valence-corrected chi connectivity index (χ4v) is 2.15. The van der Waals surface area contributed by atoms with Crippen LogP contribution in [0, 0.1) is 0 Å². The van der Waals surface area contributed by atoms with Crippen molar-refractivity contribution in [2.45, 2.75) is 6.54 Å². The Bertz CT molecular complexity index is 721. The number of carbonyl (C=O) groups is 1. The van der Waals surface area contributed by atoms with Crippen LogP contribution in [-0.4, -0.2) is 15.5 Å². The van der Waals surface area contributed by atoms with Crippen LogP contribution >= 0.6 is 0 Å². The van der Waals surface area contributed by atoms with Gasteiger partial charge in [0.15, 0.2) is 0 Å². The van der Waals surface area contributed by atoms with Gasteiger partial charge in [0.25, 0.3) is 5.91 Å². The van der Waals surface area contributed by atoms with Crippen LogP contribution in [0.15, 0.2) is 73.2 Å². The van der Waals surface area contributed by atoms with Gasteiger partial charge < -0.3 is 9.88 Å². The number of para-hydroxylation sites is 1. The maximum absolute atomic E-state index is 12.4. The molecular weight excluding hydrogens is 262 g/mol. The Labute approximate surface area is 123 Å². The molecule has 1 amide bonds. The van der Waals surface area contributed by atoms with Gasteiger partial charge in [-0.25, -0.2) is 0 Å². The lowest BCUT2D eigenvalue weighted by molar-refractivity contribution is 0.0950. The molecule has 0 unspecified atom stereocenters. The predicted molar refractivity (Wildman–Crippen MR) is 81.2 cm³/mol. The highest BCUT2D eigenvalue weighted by Crippen LogP contribution is 2.14. The van der Waals surface area contributed by atoms with Gasteiger partial charge in [-0.05, 0) is 36.4 Å². The van der Waals surface area contributed by atoms with Gasteiger partial charge >= 0.3 is 0 Å². The van der Waals surface area contributed by atoms with E-state index in [1.807, 2.05) is 71.6 Å². The summed E-state index contributed by atoms with van der Waals surface area (Å²) >= 11 is 0. The number of amides is 1. The SMILES string of the molecule is O=C(NCc1ccccn1)c1ccccc1-n1cccc1. The normalized spacial score (nSPS) is 10.3. The molecule has 2 heterocycles. The summed E-state index contributed by atoms with van der Waals surface area (Å²) in [6.45, 7) is 0.416. The summed E-state index contributed by atoms with van der Waals surface area (Å²) in [5, 5.41) is 2.90. The van der Waals surface area contributed by atoms with E-state index in [1.54, 1.807) is 6.20 Å². The van der Waals surface area contributed by atoms with Gasteiger partial charge in [0.1, 0.15) is 0 Å². The topological polar surface area (TPSA) is 46.9 Å². The Hall–Kier alpha value is -2.88. The van der Waals surface area contributed by atoms with Crippen LogP contribution in [0.4, 0.5) is 0 Å². The van der Waals surface area contributed by atoms with Crippen molar-refractivity contribution in [3.63, 3.8) is 0 Å². The van der Waals surface area contributed by atoms with Gasteiger partial charge in [-0.3, -0.25) is 9.78 Å². The van der Waals surface area contributed by atoms with Crippen LogP contribution in [-0.2, 0) is 6.54 Å². The van der Waals surface area contributed by atoms with Gasteiger partial charge in [0.2, 0.25) is 0 Å². The highest BCUT2D eigenvalue weighted by atomic mass is 16.1. The monoisotopic (exact) mass is 277 g/mol. The highest BCUT2D eigenvalue weighted by molar-refractivity contribution is 5.97. The molecule has 0 radical (unpaired) electrons. The maximum atomic E-state index is 12.4. The Balaban J connectivity index is 1.79. The molecule has 104 valence electrons. The molecule has 4 heteroatoms. The molecule has 0 saturated heterocycles. The Morgan fingerprint density at radius 2 is 1.76 bits per heavy atom. The fourth-order valence-electron chi connectivity index (χ4n) is 2.15. The number of carbonyl (C=O) groups excluding carboxylic acids is 1. The summed E-state index contributed by atoms with van der Waals surface area (Å²) < 4.78 is 1.93. The molecule has 0 aliphatic heterocycles. The average molecular weight is 277 g/mol. The molecular formula is C17H15N3O. The minimum Gasteiger partial charge on any atom is -0.346 e. The number of hydrogen-bond donors (Lipinski definition) is 1. The highest BCUT2D eigenvalue weighted by Gasteiger charge is 2.11. The lowest BCUT2D eigenvalue weighted by atomic mass is 10.1. The Morgan fingerprint density at radius 3 is 2.52 bits per heavy atom. The van der Waals surface area contributed by atoms with Crippen molar-refractivity contribution in [2.24, 2.45) is 0 Å². The average Bonchev–Trinajstić information content (AvgIpc) is 3.08. The van der Waals surface area contributed by atoms with Crippen molar-refractivity contribution in [1.82, 2.24) is 14.9 Å². The van der Waals surface area contributed by atoms with Gasteiger partial charge in [-0.15, -0.1) is 0 Å². The van der Waals surface area contributed by atoms with Crippen LogP contribution in [0.2, 0.25) is 0 Å². The Morgan fingerprint density at radius 1 is 1.00 bits per heavy atom. The lowest BCUT2D eigenvalue weighted by Crippen LogP contribution is -2.24. The molecule has 3 aromatic rings. The molecule has 0 aliphatic carbocycles. The van der Waals surface area contributed by atoms with E-state index in [2.05, 4.69) is 10.3 Å².